The van der Waals surface area contributed by atoms with Crippen molar-refractivity contribution in [3.8, 4) is 6.07 Å². The molecule has 0 aliphatic carbocycles. The molecule has 112 valence electrons. The number of halogens is 1. The third-order valence-corrected chi connectivity index (χ3v) is 4.06. The van der Waals surface area contributed by atoms with Crippen molar-refractivity contribution in [2.75, 3.05) is 18.1 Å². The van der Waals surface area contributed by atoms with Gasteiger partial charge in [-0.3, -0.25) is 0 Å². The number of morpholine rings is 1. The lowest BCUT2D eigenvalue weighted by Gasteiger charge is -2.39. The van der Waals surface area contributed by atoms with Crippen LogP contribution in [0.25, 0.3) is 0 Å². The van der Waals surface area contributed by atoms with E-state index >= 15 is 0 Å². The van der Waals surface area contributed by atoms with Gasteiger partial charge in [0.15, 0.2) is 0 Å². The van der Waals surface area contributed by atoms with Crippen molar-refractivity contribution >= 4 is 17.4 Å². The summed E-state index contributed by atoms with van der Waals surface area (Å²) in [4.78, 5) is 6.60. The molecule has 5 heteroatoms. The maximum atomic E-state index is 8.87. The Bertz CT molecular complexity index is 696. The molecule has 0 bridgehead atoms. The van der Waals surface area contributed by atoms with Crippen molar-refractivity contribution in [1.29, 1.82) is 5.26 Å². The predicted molar refractivity (Wildman–Crippen MR) is 85.9 cm³/mol. The number of nitriles is 1. The van der Waals surface area contributed by atoms with Gasteiger partial charge in [0, 0.05) is 11.2 Å². The van der Waals surface area contributed by atoms with Crippen LogP contribution < -0.4 is 4.90 Å². The lowest BCUT2D eigenvalue weighted by molar-refractivity contribution is 0.0212. The summed E-state index contributed by atoms with van der Waals surface area (Å²) in [6, 6.07) is 13.7. The van der Waals surface area contributed by atoms with Crippen molar-refractivity contribution < 1.29 is 4.74 Å². The number of nitrogens with zero attached hydrogens (tertiary/aromatic N) is 3. The second-order valence-corrected chi connectivity index (χ2v) is 5.83. The number of hydrogen-bond acceptors (Lipinski definition) is 4. The maximum absolute atomic E-state index is 8.87. The minimum atomic E-state index is -0.0349. The molecule has 0 saturated carbocycles. The van der Waals surface area contributed by atoms with E-state index in [2.05, 4.69) is 22.9 Å². The second-order valence-electron chi connectivity index (χ2n) is 5.40. The van der Waals surface area contributed by atoms with Crippen LogP contribution in [0.2, 0.25) is 5.02 Å². The molecule has 2 aromatic rings. The fourth-order valence-electron chi connectivity index (χ4n) is 2.61. The van der Waals surface area contributed by atoms with Gasteiger partial charge in [0.1, 0.15) is 18.0 Å². The van der Waals surface area contributed by atoms with Crippen LogP contribution in [-0.4, -0.2) is 24.2 Å². The Morgan fingerprint density at radius 3 is 2.91 bits per heavy atom. The van der Waals surface area contributed by atoms with Gasteiger partial charge in [0.05, 0.1) is 24.8 Å². The van der Waals surface area contributed by atoms with Crippen LogP contribution in [-0.2, 0) is 4.74 Å². The SMILES string of the molecule is CC1COC(c2cccc(Cl)c2)CN1c1ccc(C#N)cn1. The van der Waals surface area contributed by atoms with E-state index in [1.807, 2.05) is 30.3 Å². The average Bonchev–Trinajstić information content (AvgIpc) is 2.55. The number of benzene rings is 1. The molecule has 0 spiro atoms. The molecule has 1 aromatic carbocycles. The molecule has 22 heavy (non-hydrogen) atoms. The Balaban J connectivity index is 1.83. The van der Waals surface area contributed by atoms with Crippen molar-refractivity contribution in [1.82, 2.24) is 4.98 Å². The van der Waals surface area contributed by atoms with E-state index in [1.54, 1.807) is 12.3 Å². The number of anilines is 1. The zero-order chi connectivity index (χ0) is 15.5. The fourth-order valence-corrected chi connectivity index (χ4v) is 2.81. The van der Waals surface area contributed by atoms with Crippen LogP contribution in [0.1, 0.15) is 24.2 Å². The molecule has 1 fully saturated rings. The summed E-state index contributed by atoms with van der Waals surface area (Å²) >= 11 is 6.07. The van der Waals surface area contributed by atoms with Crippen molar-refractivity contribution in [2.24, 2.45) is 0 Å². The third-order valence-electron chi connectivity index (χ3n) is 3.82. The molecule has 1 saturated heterocycles. The van der Waals surface area contributed by atoms with Crippen molar-refractivity contribution in [3.63, 3.8) is 0 Å². The maximum Gasteiger partial charge on any atom is 0.128 e. The molecule has 1 aliphatic heterocycles. The first-order valence-corrected chi connectivity index (χ1v) is 7.55. The first kappa shape index (κ1) is 14.8. The Kier molecular flexibility index (Phi) is 4.28. The minimum Gasteiger partial charge on any atom is -0.370 e. The molecule has 0 N–H and O–H groups in total. The van der Waals surface area contributed by atoms with E-state index in [0.29, 0.717) is 23.7 Å². The van der Waals surface area contributed by atoms with Gasteiger partial charge in [-0.25, -0.2) is 4.98 Å². The zero-order valence-corrected chi connectivity index (χ0v) is 13.0. The van der Waals surface area contributed by atoms with E-state index in [9.17, 15) is 0 Å². The molecular weight excluding hydrogens is 298 g/mol. The molecule has 3 rings (SSSR count). The van der Waals surface area contributed by atoms with Gasteiger partial charge in [-0.05, 0) is 36.8 Å². The summed E-state index contributed by atoms with van der Waals surface area (Å²) < 4.78 is 5.95. The van der Waals surface area contributed by atoms with Gasteiger partial charge in [0.25, 0.3) is 0 Å². The topological polar surface area (TPSA) is 49.1 Å². The number of aromatic nitrogens is 1. The Morgan fingerprint density at radius 1 is 1.36 bits per heavy atom. The van der Waals surface area contributed by atoms with Crippen molar-refractivity contribution in [3.05, 3.63) is 58.7 Å². The van der Waals surface area contributed by atoms with Crippen LogP contribution in [0.3, 0.4) is 0 Å². The Hall–Kier alpha value is -2.09. The lowest BCUT2D eigenvalue weighted by Crippen LogP contribution is -2.45. The first-order valence-electron chi connectivity index (χ1n) is 7.17. The smallest absolute Gasteiger partial charge is 0.128 e. The molecule has 0 radical (unpaired) electrons. The summed E-state index contributed by atoms with van der Waals surface area (Å²) in [7, 11) is 0. The van der Waals surface area contributed by atoms with Crippen molar-refractivity contribution in [2.45, 2.75) is 19.1 Å². The largest absolute Gasteiger partial charge is 0.370 e. The summed E-state index contributed by atoms with van der Waals surface area (Å²) in [5, 5.41) is 9.58. The van der Waals surface area contributed by atoms with Gasteiger partial charge < -0.3 is 9.64 Å². The lowest BCUT2D eigenvalue weighted by atomic mass is 10.1. The quantitative estimate of drug-likeness (QED) is 0.850. The van der Waals surface area contributed by atoms with Crippen LogP contribution in [0.15, 0.2) is 42.6 Å². The second kappa shape index (κ2) is 6.35. The molecule has 2 atom stereocenters. The van der Waals surface area contributed by atoms with Gasteiger partial charge >= 0.3 is 0 Å². The number of rotatable bonds is 2. The third kappa shape index (κ3) is 3.06. The molecule has 2 heterocycles. The van der Waals surface area contributed by atoms with Crippen LogP contribution in [0, 0.1) is 11.3 Å². The molecule has 0 amide bonds. The molecular formula is C17H16ClN3O. The fraction of sp³-hybridized carbons (Fsp3) is 0.294. The number of pyridine rings is 1. The molecule has 4 nitrogen and oxygen atoms in total. The summed E-state index contributed by atoms with van der Waals surface area (Å²) in [5.74, 6) is 0.863. The molecule has 1 aliphatic rings. The standard InChI is InChI=1S/C17H16ClN3O/c1-12-11-22-16(14-3-2-4-15(18)7-14)10-21(12)17-6-5-13(8-19)9-20-17/h2-7,9,12,16H,10-11H2,1H3. The van der Waals surface area contributed by atoms with Gasteiger partial charge in [0.2, 0.25) is 0 Å². The summed E-state index contributed by atoms with van der Waals surface area (Å²) in [6.45, 7) is 3.44. The number of hydrogen-bond donors (Lipinski definition) is 0. The van der Waals surface area contributed by atoms with E-state index in [1.165, 1.54) is 0 Å². The van der Waals surface area contributed by atoms with E-state index in [-0.39, 0.29) is 12.1 Å². The monoisotopic (exact) mass is 313 g/mol. The molecule has 1 aromatic heterocycles. The van der Waals surface area contributed by atoms with Gasteiger partial charge in [-0.15, -0.1) is 0 Å². The average molecular weight is 314 g/mol. The number of ether oxygens (including phenoxy) is 1. The zero-order valence-electron chi connectivity index (χ0n) is 12.2. The Labute approximate surface area is 134 Å². The van der Waals surface area contributed by atoms with Gasteiger partial charge in [-0.1, -0.05) is 23.7 Å². The minimum absolute atomic E-state index is 0.0349. The molecule has 2 unspecified atom stereocenters. The summed E-state index contributed by atoms with van der Waals surface area (Å²) in [5.41, 5.74) is 1.63. The normalized spacial score (nSPS) is 21.4. The first-order chi connectivity index (χ1) is 10.7. The van der Waals surface area contributed by atoms with E-state index in [4.69, 9.17) is 21.6 Å². The summed E-state index contributed by atoms with van der Waals surface area (Å²) in [6.07, 6.45) is 1.57. The van der Waals surface area contributed by atoms with Crippen LogP contribution >= 0.6 is 11.6 Å². The Morgan fingerprint density at radius 2 is 2.23 bits per heavy atom. The van der Waals surface area contributed by atoms with Crippen LogP contribution in [0.5, 0.6) is 0 Å². The van der Waals surface area contributed by atoms with Gasteiger partial charge in [-0.2, -0.15) is 5.26 Å². The predicted octanol–water partition coefficient (Wildman–Crippen LogP) is 3.57. The highest BCUT2D eigenvalue weighted by Crippen LogP contribution is 2.29. The highest BCUT2D eigenvalue weighted by molar-refractivity contribution is 6.30. The highest BCUT2D eigenvalue weighted by atomic mass is 35.5. The van der Waals surface area contributed by atoms with Crippen LogP contribution in [0.4, 0.5) is 5.82 Å². The van der Waals surface area contributed by atoms with E-state index < -0.39 is 0 Å². The van der Waals surface area contributed by atoms with E-state index in [0.717, 1.165) is 11.4 Å². The highest BCUT2D eigenvalue weighted by Gasteiger charge is 2.28.